The largest absolute Gasteiger partial charge is 0.212 e. The van der Waals surface area contributed by atoms with E-state index in [4.69, 9.17) is 0 Å². The molecule has 1 aromatic rings. The van der Waals surface area contributed by atoms with Crippen molar-refractivity contribution in [2.45, 2.75) is 32.2 Å². The standard InChI is InChI=1S/C12H17NO2S/c1-2-16(14,15)13-12-9-5-7-10-6-3-4-8-11(10)12/h3-4,6,8,12-13H,2,5,7,9H2,1H3. The molecule has 16 heavy (non-hydrogen) atoms. The molecule has 0 radical (unpaired) electrons. The van der Waals surface area contributed by atoms with Crippen molar-refractivity contribution in [2.24, 2.45) is 0 Å². The lowest BCUT2D eigenvalue weighted by atomic mass is 9.88. The minimum absolute atomic E-state index is 0.0325. The second-order valence-corrected chi connectivity index (χ2v) is 6.21. The summed E-state index contributed by atoms with van der Waals surface area (Å²) in [4.78, 5) is 0. The fourth-order valence-corrected chi connectivity index (χ4v) is 3.02. The summed E-state index contributed by atoms with van der Waals surface area (Å²) in [6, 6.07) is 8.06. The Morgan fingerprint density at radius 2 is 2.12 bits per heavy atom. The quantitative estimate of drug-likeness (QED) is 0.877. The molecule has 1 unspecified atom stereocenters. The van der Waals surface area contributed by atoms with E-state index in [2.05, 4.69) is 10.8 Å². The number of benzene rings is 1. The van der Waals surface area contributed by atoms with Gasteiger partial charge in [-0.15, -0.1) is 0 Å². The maximum Gasteiger partial charge on any atom is 0.211 e. The summed E-state index contributed by atoms with van der Waals surface area (Å²) in [7, 11) is -3.11. The van der Waals surface area contributed by atoms with Gasteiger partial charge in [0.25, 0.3) is 0 Å². The van der Waals surface area contributed by atoms with E-state index in [1.807, 2.05) is 18.2 Å². The van der Waals surface area contributed by atoms with Crippen molar-refractivity contribution in [1.82, 2.24) is 4.72 Å². The first-order chi connectivity index (χ1) is 7.62. The Morgan fingerprint density at radius 3 is 2.88 bits per heavy atom. The molecule has 2 rings (SSSR count). The van der Waals surface area contributed by atoms with Crippen LogP contribution in [0.15, 0.2) is 24.3 Å². The third-order valence-corrected chi connectivity index (χ3v) is 4.47. The summed E-state index contributed by atoms with van der Waals surface area (Å²) < 4.78 is 25.9. The van der Waals surface area contributed by atoms with E-state index in [-0.39, 0.29) is 11.8 Å². The average Bonchev–Trinajstić information content (AvgIpc) is 2.29. The minimum atomic E-state index is -3.11. The number of fused-ring (bicyclic) bond motifs is 1. The molecule has 1 N–H and O–H groups in total. The lowest BCUT2D eigenvalue weighted by molar-refractivity contribution is 0.508. The zero-order chi connectivity index (χ0) is 11.6. The first-order valence-corrected chi connectivity index (χ1v) is 7.35. The maximum absolute atomic E-state index is 11.6. The van der Waals surface area contributed by atoms with E-state index in [1.54, 1.807) is 6.92 Å². The monoisotopic (exact) mass is 239 g/mol. The molecule has 4 heteroatoms. The van der Waals surface area contributed by atoms with Gasteiger partial charge in [-0.25, -0.2) is 13.1 Å². The molecule has 0 heterocycles. The van der Waals surface area contributed by atoms with E-state index in [9.17, 15) is 8.42 Å². The van der Waals surface area contributed by atoms with E-state index in [0.29, 0.717) is 0 Å². The Balaban J connectivity index is 2.26. The molecule has 3 nitrogen and oxygen atoms in total. The van der Waals surface area contributed by atoms with Crippen molar-refractivity contribution in [3.8, 4) is 0 Å². The normalized spacial score (nSPS) is 20.4. The van der Waals surface area contributed by atoms with Crippen LogP contribution >= 0.6 is 0 Å². The van der Waals surface area contributed by atoms with Gasteiger partial charge in [0, 0.05) is 6.04 Å². The van der Waals surface area contributed by atoms with Crippen molar-refractivity contribution in [1.29, 1.82) is 0 Å². The average molecular weight is 239 g/mol. The van der Waals surface area contributed by atoms with Crippen LogP contribution in [0, 0.1) is 0 Å². The fourth-order valence-electron chi connectivity index (χ4n) is 2.18. The molecule has 0 saturated heterocycles. The molecule has 0 aliphatic heterocycles. The molecule has 0 aromatic heterocycles. The van der Waals surface area contributed by atoms with Crippen LogP contribution in [0.4, 0.5) is 0 Å². The van der Waals surface area contributed by atoms with Gasteiger partial charge in [-0.1, -0.05) is 24.3 Å². The Kier molecular flexibility index (Phi) is 3.30. The number of rotatable bonds is 3. The van der Waals surface area contributed by atoms with Gasteiger partial charge >= 0.3 is 0 Å². The summed E-state index contributed by atoms with van der Waals surface area (Å²) in [6.45, 7) is 1.66. The van der Waals surface area contributed by atoms with E-state index < -0.39 is 10.0 Å². The van der Waals surface area contributed by atoms with Gasteiger partial charge < -0.3 is 0 Å². The third kappa shape index (κ3) is 2.44. The Bertz CT molecular complexity index is 468. The highest BCUT2D eigenvalue weighted by Crippen LogP contribution is 2.29. The van der Waals surface area contributed by atoms with Crippen molar-refractivity contribution in [2.75, 3.05) is 5.75 Å². The first kappa shape index (κ1) is 11.6. The first-order valence-electron chi connectivity index (χ1n) is 5.70. The fraction of sp³-hybridized carbons (Fsp3) is 0.500. The Hall–Kier alpha value is -0.870. The van der Waals surface area contributed by atoms with E-state index in [1.165, 1.54) is 5.56 Å². The van der Waals surface area contributed by atoms with Crippen LogP contribution in [0.1, 0.15) is 36.9 Å². The van der Waals surface area contributed by atoms with Crippen LogP contribution in [0.3, 0.4) is 0 Å². The Morgan fingerprint density at radius 1 is 1.38 bits per heavy atom. The van der Waals surface area contributed by atoms with Gasteiger partial charge in [0.1, 0.15) is 0 Å². The summed E-state index contributed by atoms with van der Waals surface area (Å²) >= 11 is 0. The number of sulfonamides is 1. The molecule has 0 fully saturated rings. The lowest BCUT2D eigenvalue weighted by Crippen LogP contribution is -2.32. The molecule has 1 aliphatic carbocycles. The summed E-state index contributed by atoms with van der Waals surface area (Å²) in [6.07, 6.45) is 3.00. The zero-order valence-electron chi connectivity index (χ0n) is 9.44. The molecule has 0 bridgehead atoms. The van der Waals surface area contributed by atoms with Crippen molar-refractivity contribution in [3.63, 3.8) is 0 Å². The maximum atomic E-state index is 11.6. The van der Waals surface area contributed by atoms with Gasteiger partial charge in [0.05, 0.1) is 5.75 Å². The summed E-state index contributed by atoms with van der Waals surface area (Å²) in [5, 5.41) is 0. The number of nitrogens with one attached hydrogen (secondary N) is 1. The number of hydrogen-bond donors (Lipinski definition) is 1. The smallest absolute Gasteiger partial charge is 0.211 e. The van der Waals surface area contributed by atoms with Crippen molar-refractivity contribution < 1.29 is 8.42 Å². The van der Waals surface area contributed by atoms with Crippen molar-refractivity contribution >= 4 is 10.0 Å². The second kappa shape index (κ2) is 4.55. The molecule has 1 atom stereocenters. The molecule has 0 spiro atoms. The molecular formula is C12H17NO2S. The Labute approximate surface area is 96.9 Å². The number of aryl methyl sites for hydroxylation is 1. The SMILES string of the molecule is CCS(=O)(=O)NC1CCCc2ccccc21. The molecule has 0 saturated carbocycles. The highest BCUT2D eigenvalue weighted by molar-refractivity contribution is 7.89. The summed E-state index contributed by atoms with van der Waals surface area (Å²) in [5.41, 5.74) is 2.42. The predicted octanol–water partition coefficient (Wildman–Crippen LogP) is 2.00. The molecule has 88 valence electrons. The molecular weight excluding hydrogens is 222 g/mol. The van der Waals surface area contributed by atoms with Crippen LogP contribution in [0.2, 0.25) is 0 Å². The highest BCUT2D eigenvalue weighted by Gasteiger charge is 2.23. The van der Waals surface area contributed by atoms with Gasteiger partial charge in [0.15, 0.2) is 0 Å². The predicted molar refractivity (Wildman–Crippen MR) is 64.7 cm³/mol. The minimum Gasteiger partial charge on any atom is -0.212 e. The summed E-state index contributed by atoms with van der Waals surface area (Å²) in [5.74, 6) is 0.145. The highest BCUT2D eigenvalue weighted by atomic mass is 32.2. The van der Waals surface area contributed by atoms with Crippen LogP contribution in [-0.2, 0) is 16.4 Å². The van der Waals surface area contributed by atoms with Gasteiger partial charge in [-0.2, -0.15) is 0 Å². The van der Waals surface area contributed by atoms with E-state index in [0.717, 1.165) is 24.8 Å². The van der Waals surface area contributed by atoms with Crippen LogP contribution in [0.5, 0.6) is 0 Å². The van der Waals surface area contributed by atoms with Crippen LogP contribution in [0.25, 0.3) is 0 Å². The molecule has 1 aliphatic rings. The third-order valence-electron chi connectivity index (χ3n) is 3.07. The van der Waals surface area contributed by atoms with Gasteiger partial charge in [-0.3, -0.25) is 0 Å². The van der Waals surface area contributed by atoms with Gasteiger partial charge in [-0.05, 0) is 37.3 Å². The lowest BCUT2D eigenvalue weighted by Gasteiger charge is -2.25. The van der Waals surface area contributed by atoms with E-state index >= 15 is 0 Å². The zero-order valence-corrected chi connectivity index (χ0v) is 10.3. The molecule has 1 aromatic carbocycles. The van der Waals surface area contributed by atoms with Crippen LogP contribution < -0.4 is 4.72 Å². The van der Waals surface area contributed by atoms with Gasteiger partial charge in [0.2, 0.25) is 10.0 Å². The van der Waals surface area contributed by atoms with Crippen molar-refractivity contribution in [3.05, 3.63) is 35.4 Å². The number of hydrogen-bond acceptors (Lipinski definition) is 2. The topological polar surface area (TPSA) is 46.2 Å². The second-order valence-electron chi connectivity index (χ2n) is 4.16. The van der Waals surface area contributed by atoms with Crippen LogP contribution in [-0.4, -0.2) is 14.2 Å². The molecule has 0 amide bonds.